The van der Waals surface area contributed by atoms with Crippen LogP contribution in [0, 0.1) is 0 Å². The average molecular weight is 315 g/mol. The molecular weight excluding hydrogens is 294 g/mol. The predicted octanol–water partition coefficient (Wildman–Crippen LogP) is 5.26. The summed E-state index contributed by atoms with van der Waals surface area (Å²) in [5.41, 5.74) is 3.66. The number of pyridine rings is 1. The van der Waals surface area contributed by atoms with Gasteiger partial charge in [0, 0.05) is 29.7 Å². The molecule has 3 heteroatoms. The van der Waals surface area contributed by atoms with Crippen molar-refractivity contribution in [3.05, 3.63) is 73.1 Å². The maximum atomic E-state index is 4.18. The molecule has 2 heterocycles. The number of hydrogen-bond acceptors (Lipinski definition) is 2. The van der Waals surface area contributed by atoms with E-state index in [-0.39, 0.29) is 0 Å². The van der Waals surface area contributed by atoms with Crippen LogP contribution in [0.1, 0.15) is 19.8 Å². The molecule has 0 aliphatic heterocycles. The Morgan fingerprint density at radius 1 is 0.833 bits per heavy atom. The van der Waals surface area contributed by atoms with Crippen LogP contribution in [-0.2, 0) is 0 Å². The SMILES string of the molecule is CCCCN(c1ccncc1)n1c2ccccc2c2ccccc21. The van der Waals surface area contributed by atoms with E-state index in [1.54, 1.807) is 0 Å². The van der Waals surface area contributed by atoms with Crippen LogP contribution in [0.4, 0.5) is 5.69 Å². The second kappa shape index (κ2) is 6.36. The molecule has 2 aromatic carbocycles. The first-order valence-electron chi connectivity index (χ1n) is 8.56. The Bertz CT molecular complexity index is 903. The second-order valence-corrected chi connectivity index (χ2v) is 6.03. The van der Waals surface area contributed by atoms with Gasteiger partial charge in [0.05, 0.1) is 16.7 Å². The average Bonchev–Trinajstić information content (AvgIpc) is 2.98. The summed E-state index contributed by atoms with van der Waals surface area (Å²) < 4.78 is 2.36. The van der Waals surface area contributed by atoms with E-state index in [4.69, 9.17) is 0 Å². The molecular formula is C21H21N3. The summed E-state index contributed by atoms with van der Waals surface area (Å²) in [6.07, 6.45) is 6.03. The van der Waals surface area contributed by atoms with Gasteiger partial charge in [-0.3, -0.25) is 14.7 Å². The minimum atomic E-state index is 0.975. The maximum Gasteiger partial charge on any atom is 0.0712 e. The number of benzene rings is 2. The lowest BCUT2D eigenvalue weighted by Crippen LogP contribution is -2.30. The van der Waals surface area contributed by atoms with Crippen molar-refractivity contribution in [2.75, 3.05) is 11.6 Å². The molecule has 0 radical (unpaired) electrons. The fourth-order valence-electron chi connectivity index (χ4n) is 3.33. The zero-order valence-electron chi connectivity index (χ0n) is 13.9. The number of nitrogens with zero attached hydrogens (tertiary/aromatic N) is 3. The van der Waals surface area contributed by atoms with Crippen molar-refractivity contribution in [2.45, 2.75) is 19.8 Å². The Morgan fingerprint density at radius 2 is 1.42 bits per heavy atom. The Hall–Kier alpha value is -2.81. The number of unbranched alkanes of at least 4 members (excludes halogenated alkanes) is 1. The normalized spacial score (nSPS) is 11.2. The van der Waals surface area contributed by atoms with Crippen molar-refractivity contribution in [1.29, 1.82) is 0 Å². The van der Waals surface area contributed by atoms with E-state index in [0.29, 0.717) is 0 Å². The molecule has 4 rings (SSSR count). The Balaban J connectivity index is 2.00. The monoisotopic (exact) mass is 315 g/mol. The number of aromatic nitrogens is 2. The molecule has 0 aliphatic rings. The van der Waals surface area contributed by atoms with E-state index in [0.717, 1.165) is 13.0 Å². The molecule has 0 bridgehead atoms. The van der Waals surface area contributed by atoms with Crippen molar-refractivity contribution in [3.63, 3.8) is 0 Å². The largest absolute Gasteiger partial charge is 0.281 e. The number of anilines is 1. The fourth-order valence-corrected chi connectivity index (χ4v) is 3.33. The van der Waals surface area contributed by atoms with Crippen molar-refractivity contribution in [1.82, 2.24) is 9.66 Å². The Labute approximate surface area is 142 Å². The number of hydrogen-bond donors (Lipinski definition) is 0. The first-order chi connectivity index (χ1) is 11.9. The molecule has 0 saturated heterocycles. The van der Waals surface area contributed by atoms with Crippen LogP contribution in [-0.4, -0.2) is 16.2 Å². The number of para-hydroxylation sites is 2. The summed E-state index contributed by atoms with van der Waals surface area (Å²) in [5.74, 6) is 0. The molecule has 0 spiro atoms. The molecule has 0 N–H and O–H groups in total. The van der Waals surface area contributed by atoms with Gasteiger partial charge in [-0.2, -0.15) is 0 Å². The van der Waals surface area contributed by atoms with Gasteiger partial charge in [-0.05, 0) is 30.7 Å². The Morgan fingerprint density at radius 3 is 2.00 bits per heavy atom. The second-order valence-electron chi connectivity index (χ2n) is 6.03. The lowest BCUT2D eigenvalue weighted by atomic mass is 10.2. The fraction of sp³-hybridized carbons (Fsp3) is 0.190. The van der Waals surface area contributed by atoms with Gasteiger partial charge >= 0.3 is 0 Å². The van der Waals surface area contributed by atoms with Crippen molar-refractivity contribution in [2.24, 2.45) is 0 Å². The summed E-state index contributed by atoms with van der Waals surface area (Å²) in [5, 5.41) is 4.96. The molecule has 0 amide bonds. The zero-order chi connectivity index (χ0) is 16.4. The Kier molecular flexibility index (Phi) is 3.91. The molecule has 0 aliphatic carbocycles. The molecule has 0 fully saturated rings. The van der Waals surface area contributed by atoms with E-state index in [1.807, 2.05) is 12.4 Å². The van der Waals surface area contributed by atoms with Gasteiger partial charge in [0.25, 0.3) is 0 Å². The van der Waals surface area contributed by atoms with Crippen LogP contribution < -0.4 is 5.01 Å². The minimum absolute atomic E-state index is 0.975. The molecule has 4 aromatic rings. The van der Waals surface area contributed by atoms with Crippen LogP contribution in [0.5, 0.6) is 0 Å². The summed E-state index contributed by atoms with van der Waals surface area (Å²) in [7, 11) is 0. The van der Waals surface area contributed by atoms with Crippen LogP contribution >= 0.6 is 0 Å². The summed E-state index contributed by atoms with van der Waals surface area (Å²) in [4.78, 5) is 4.18. The lowest BCUT2D eigenvalue weighted by Gasteiger charge is -2.28. The highest BCUT2D eigenvalue weighted by molar-refractivity contribution is 6.08. The van der Waals surface area contributed by atoms with E-state index in [1.165, 1.54) is 33.9 Å². The van der Waals surface area contributed by atoms with Gasteiger partial charge in [-0.15, -0.1) is 0 Å². The molecule has 3 nitrogen and oxygen atoms in total. The molecule has 0 unspecified atom stereocenters. The third-order valence-corrected chi connectivity index (χ3v) is 4.48. The van der Waals surface area contributed by atoms with Crippen molar-refractivity contribution < 1.29 is 0 Å². The summed E-state index contributed by atoms with van der Waals surface area (Å²) in [6, 6.07) is 21.4. The van der Waals surface area contributed by atoms with Crippen LogP contribution in [0.3, 0.4) is 0 Å². The highest BCUT2D eigenvalue weighted by Gasteiger charge is 2.16. The van der Waals surface area contributed by atoms with E-state index in [2.05, 4.69) is 82.3 Å². The van der Waals surface area contributed by atoms with Gasteiger partial charge in [0.1, 0.15) is 0 Å². The van der Waals surface area contributed by atoms with Crippen LogP contribution in [0.2, 0.25) is 0 Å². The summed E-state index contributed by atoms with van der Waals surface area (Å²) >= 11 is 0. The zero-order valence-corrected chi connectivity index (χ0v) is 13.9. The van der Waals surface area contributed by atoms with Gasteiger partial charge in [-0.25, -0.2) is 0 Å². The van der Waals surface area contributed by atoms with Gasteiger partial charge in [0.15, 0.2) is 0 Å². The van der Waals surface area contributed by atoms with Gasteiger partial charge in [-0.1, -0.05) is 49.7 Å². The first-order valence-corrected chi connectivity index (χ1v) is 8.56. The molecule has 120 valence electrons. The van der Waals surface area contributed by atoms with Crippen LogP contribution in [0.25, 0.3) is 21.8 Å². The minimum Gasteiger partial charge on any atom is -0.281 e. The van der Waals surface area contributed by atoms with E-state index in [9.17, 15) is 0 Å². The van der Waals surface area contributed by atoms with Crippen molar-refractivity contribution >= 4 is 27.5 Å². The highest BCUT2D eigenvalue weighted by atomic mass is 15.5. The van der Waals surface area contributed by atoms with Gasteiger partial charge < -0.3 is 0 Å². The number of fused-ring (bicyclic) bond motifs is 3. The maximum absolute atomic E-state index is 4.18. The van der Waals surface area contributed by atoms with E-state index < -0.39 is 0 Å². The smallest absolute Gasteiger partial charge is 0.0712 e. The topological polar surface area (TPSA) is 21.1 Å². The van der Waals surface area contributed by atoms with Crippen molar-refractivity contribution in [3.8, 4) is 0 Å². The van der Waals surface area contributed by atoms with E-state index >= 15 is 0 Å². The van der Waals surface area contributed by atoms with Crippen LogP contribution in [0.15, 0.2) is 73.1 Å². The predicted molar refractivity (Wildman–Crippen MR) is 101 cm³/mol. The summed E-state index contributed by atoms with van der Waals surface area (Å²) in [6.45, 7) is 3.21. The standard InChI is InChI=1S/C21H21N3/c1-2-3-16-23(17-12-14-22-15-13-17)24-20-10-6-4-8-18(20)19-9-5-7-11-21(19)24/h4-15H,2-3,16H2,1H3. The number of rotatable bonds is 5. The third kappa shape index (κ3) is 2.42. The molecule has 2 aromatic heterocycles. The highest BCUT2D eigenvalue weighted by Crippen LogP contribution is 2.31. The molecule has 24 heavy (non-hydrogen) atoms. The molecule has 0 saturated carbocycles. The first kappa shape index (κ1) is 14.8. The van der Waals surface area contributed by atoms with Gasteiger partial charge in [0.2, 0.25) is 0 Å². The lowest BCUT2D eigenvalue weighted by molar-refractivity contribution is 0.676. The third-order valence-electron chi connectivity index (χ3n) is 4.48. The quantitative estimate of drug-likeness (QED) is 0.501. The molecule has 0 atom stereocenters.